The van der Waals surface area contributed by atoms with Crippen molar-refractivity contribution in [1.29, 1.82) is 0 Å². The molecule has 0 aromatic heterocycles. The number of anilines is 1. The number of rotatable bonds is 8. The molecule has 0 bridgehead atoms. The molecule has 23 heavy (non-hydrogen) atoms. The summed E-state index contributed by atoms with van der Waals surface area (Å²) in [6, 6.07) is 15.5. The molecule has 0 heterocycles. The van der Waals surface area contributed by atoms with Crippen molar-refractivity contribution in [2.75, 3.05) is 32.6 Å². The quantitative estimate of drug-likeness (QED) is 0.778. The number of aliphatic hydroxyl groups excluding tert-OH is 1. The topological polar surface area (TPSA) is 44.7 Å². The molecule has 2 rings (SSSR count). The van der Waals surface area contributed by atoms with Gasteiger partial charge in [-0.15, -0.1) is 0 Å². The Labute approximate surface area is 142 Å². The van der Waals surface area contributed by atoms with Crippen molar-refractivity contribution in [2.24, 2.45) is 0 Å². The minimum Gasteiger partial charge on any atom is -0.491 e. The summed E-state index contributed by atoms with van der Waals surface area (Å²) in [6.07, 6.45) is -0.495. The second-order valence-electron chi connectivity index (χ2n) is 5.73. The summed E-state index contributed by atoms with van der Waals surface area (Å²) >= 11 is 5.97. The maximum atomic E-state index is 9.78. The molecule has 0 aliphatic carbocycles. The van der Waals surface area contributed by atoms with E-state index in [4.69, 9.17) is 16.3 Å². The van der Waals surface area contributed by atoms with Crippen LogP contribution in [-0.2, 0) is 6.54 Å². The minimum absolute atomic E-state index is 0.285. The lowest BCUT2D eigenvalue weighted by Crippen LogP contribution is -2.30. The van der Waals surface area contributed by atoms with Gasteiger partial charge in [0.15, 0.2) is 0 Å². The van der Waals surface area contributed by atoms with Crippen LogP contribution in [0.25, 0.3) is 0 Å². The lowest BCUT2D eigenvalue weighted by atomic mass is 10.2. The van der Waals surface area contributed by atoms with Crippen LogP contribution in [0.2, 0.25) is 5.02 Å². The summed E-state index contributed by atoms with van der Waals surface area (Å²) in [5.74, 6) is 0.746. The van der Waals surface area contributed by atoms with E-state index in [0.29, 0.717) is 13.1 Å². The Hall–Kier alpha value is -1.75. The maximum absolute atomic E-state index is 9.78. The normalized spacial score (nSPS) is 12.2. The number of halogens is 1. The van der Waals surface area contributed by atoms with Crippen LogP contribution in [-0.4, -0.2) is 43.4 Å². The minimum atomic E-state index is -0.495. The average Bonchev–Trinajstić information content (AvgIpc) is 2.51. The summed E-state index contributed by atoms with van der Waals surface area (Å²) in [5, 5.41) is 13.9. The standard InChI is InChI=1S/C18H23ClN2O2/c1-21(2)12-17(22)13-23-18-8-6-16(7-9-18)20-11-14-4-3-5-15(19)10-14/h3-10,17,20,22H,11-13H2,1-2H3. The van der Waals surface area contributed by atoms with E-state index < -0.39 is 6.10 Å². The number of likely N-dealkylation sites (N-methyl/N-ethyl adjacent to an activating group) is 1. The molecular formula is C18H23ClN2O2. The third-order valence-electron chi connectivity index (χ3n) is 3.26. The van der Waals surface area contributed by atoms with Gasteiger partial charge in [-0.2, -0.15) is 0 Å². The molecule has 1 unspecified atom stereocenters. The van der Waals surface area contributed by atoms with Crippen LogP contribution in [0.1, 0.15) is 5.56 Å². The molecule has 2 N–H and O–H groups in total. The van der Waals surface area contributed by atoms with Crippen molar-refractivity contribution in [3.05, 3.63) is 59.1 Å². The van der Waals surface area contributed by atoms with Gasteiger partial charge in [-0.05, 0) is 56.1 Å². The van der Waals surface area contributed by atoms with E-state index in [0.717, 1.165) is 22.0 Å². The Kier molecular flexibility index (Phi) is 6.71. The fourth-order valence-corrected chi connectivity index (χ4v) is 2.40. The van der Waals surface area contributed by atoms with E-state index >= 15 is 0 Å². The highest BCUT2D eigenvalue weighted by Crippen LogP contribution is 2.17. The van der Waals surface area contributed by atoms with Gasteiger partial charge in [0.1, 0.15) is 18.5 Å². The molecule has 0 fully saturated rings. The number of nitrogens with zero attached hydrogens (tertiary/aromatic N) is 1. The highest BCUT2D eigenvalue weighted by atomic mass is 35.5. The molecule has 2 aromatic rings. The molecule has 2 aromatic carbocycles. The van der Waals surface area contributed by atoms with E-state index in [1.54, 1.807) is 0 Å². The fourth-order valence-electron chi connectivity index (χ4n) is 2.19. The van der Waals surface area contributed by atoms with E-state index in [1.165, 1.54) is 0 Å². The zero-order valence-electron chi connectivity index (χ0n) is 13.5. The number of nitrogens with one attached hydrogen (secondary N) is 1. The highest BCUT2D eigenvalue weighted by molar-refractivity contribution is 6.30. The lowest BCUT2D eigenvalue weighted by Gasteiger charge is -2.16. The van der Waals surface area contributed by atoms with E-state index in [-0.39, 0.29) is 6.61 Å². The van der Waals surface area contributed by atoms with E-state index in [1.807, 2.05) is 67.5 Å². The third-order valence-corrected chi connectivity index (χ3v) is 3.49. The Morgan fingerprint density at radius 2 is 1.91 bits per heavy atom. The highest BCUT2D eigenvalue weighted by Gasteiger charge is 2.06. The molecule has 0 aliphatic rings. The van der Waals surface area contributed by atoms with Crippen LogP contribution in [0.4, 0.5) is 5.69 Å². The number of hydrogen-bond acceptors (Lipinski definition) is 4. The summed E-state index contributed by atoms with van der Waals surface area (Å²) in [5.41, 5.74) is 2.13. The Morgan fingerprint density at radius 1 is 1.17 bits per heavy atom. The molecular weight excluding hydrogens is 312 g/mol. The van der Waals surface area contributed by atoms with Crippen molar-refractivity contribution in [1.82, 2.24) is 4.90 Å². The third kappa shape index (κ3) is 6.48. The van der Waals surface area contributed by atoms with Gasteiger partial charge in [0.05, 0.1) is 0 Å². The first-order chi connectivity index (χ1) is 11.0. The molecule has 1 atom stereocenters. The zero-order chi connectivity index (χ0) is 16.7. The molecule has 0 saturated carbocycles. The van der Waals surface area contributed by atoms with Crippen LogP contribution in [0.5, 0.6) is 5.75 Å². The first-order valence-corrected chi connectivity index (χ1v) is 7.94. The number of hydrogen-bond donors (Lipinski definition) is 2. The second kappa shape index (κ2) is 8.77. The van der Waals surface area contributed by atoms with Crippen LogP contribution in [0, 0.1) is 0 Å². The maximum Gasteiger partial charge on any atom is 0.119 e. The lowest BCUT2D eigenvalue weighted by molar-refractivity contribution is 0.0831. The van der Waals surface area contributed by atoms with Gasteiger partial charge >= 0.3 is 0 Å². The molecule has 0 spiro atoms. The Bertz CT molecular complexity index is 602. The van der Waals surface area contributed by atoms with Crippen LogP contribution in [0.3, 0.4) is 0 Å². The van der Waals surface area contributed by atoms with Gasteiger partial charge in [0.2, 0.25) is 0 Å². The summed E-state index contributed by atoms with van der Waals surface area (Å²) in [7, 11) is 3.84. The van der Waals surface area contributed by atoms with Crippen LogP contribution < -0.4 is 10.1 Å². The molecule has 0 aliphatic heterocycles. The second-order valence-corrected chi connectivity index (χ2v) is 6.17. The van der Waals surface area contributed by atoms with Crippen molar-refractivity contribution >= 4 is 17.3 Å². The molecule has 4 nitrogen and oxygen atoms in total. The van der Waals surface area contributed by atoms with Crippen LogP contribution in [0.15, 0.2) is 48.5 Å². The summed E-state index contributed by atoms with van der Waals surface area (Å²) < 4.78 is 5.58. The van der Waals surface area contributed by atoms with Gasteiger partial charge in [-0.3, -0.25) is 0 Å². The monoisotopic (exact) mass is 334 g/mol. The van der Waals surface area contributed by atoms with Crippen molar-refractivity contribution in [2.45, 2.75) is 12.6 Å². The first-order valence-electron chi connectivity index (χ1n) is 7.57. The van der Waals surface area contributed by atoms with Crippen molar-refractivity contribution in [3.8, 4) is 5.75 Å². The predicted molar refractivity (Wildman–Crippen MR) is 95.3 cm³/mol. The Morgan fingerprint density at radius 3 is 2.57 bits per heavy atom. The van der Waals surface area contributed by atoms with E-state index in [9.17, 15) is 5.11 Å². The first kappa shape index (κ1) is 17.6. The van der Waals surface area contributed by atoms with Gasteiger partial charge < -0.3 is 20.1 Å². The molecule has 5 heteroatoms. The zero-order valence-corrected chi connectivity index (χ0v) is 14.3. The van der Waals surface area contributed by atoms with Gasteiger partial charge in [0, 0.05) is 23.8 Å². The molecule has 0 amide bonds. The van der Waals surface area contributed by atoms with Gasteiger partial charge in [-0.1, -0.05) is 23.7 Å². The van der Waals surface area contributed by atoms with Gasteiger partial charge in [-0.25, -0.2) is 0 Å². The molecule has 124 valence electrons. The average molecular weight is 335 g/mol. The van der Waals surface area contributed by atoms with Gasteiger partial charge in [0.25, 0.3) is 0 Å². The predicted octanol–water partition coefficient (Wildman–Crippen LogP) is 3.25. The Balaban J connectivity index is 1.80. The summed E-state index contributed by atoms with van der Waals surface area (Å²) in [6.45, 7) is 1.58. The largest absolute Gasteiger partial charge is 0.491 e. The van der Waals surface area contributed by atoms with E-state index in [2.05, 4.69) is 5.32 Å². The van der Waals surface area contributed by atoms with Crippen molar-refractivity contribution in [3.63, 3.8) is 0 Å². The molecule has 0 saturated heterocycles. The van der Waals surface area contributed by atoms with Crippen LogP contribution >= 0.6 is 11.6 Å². The molecule has 0 radical (unpaired) electrons. The number of ether oxygens (including phenoxy) is 1. The SMILES string of the molecule is CN(C)CC(O)COc1ccc(NCc2cccc(Cl)c2)cc1. The number of benzene rings is 2. The smallest absolute Gasteiger partial charge is 0.119 e. The van der Waals surface area contributed by atoms with Crippen molar-refractivity contribution < 1.29 is 9.84 Å². The number of aliphatic hydroxyl groups is 1. The summed E-state index contributed by atoms with van der Waals surface area (Å²) in [4.78, 5) is 1.93. The fraction of sp³-hybridized carbons (Fsp3) is 0.333.